The number of fused-ring (bicyclic) bond motifs is 1. The molecule has 3 aromatic rings. The van der Waals surface area contributed by atoms with Crippen molar-refractivity contribution in [3.63, 3.8) is 0 Å². The molecule has 0 aliphatic carbocycles. The van der Waals surface area contributed by atoms with Gasteiger partial charge in [0.15, 0.2) is 0 Å². The molecule has 0 spiro atoms. The smallest absolute Gasteiger partial charge is 0.227 e. The first-order valence-electron chi connectivity index (χ1n) is 7.53. The highest BCUT2D eigenvalue weighted by Crippen LogP contribution is 2.40. The number of ether oxygens (including phenoxy) is 1. The Hall–Kier alpha value is -3.00. The minimum Gasteiger partial charge on any atom is -0.496 e. The van der Waals surface area contributed by atoms with Gasteiger partial charge >= 0.3 is 0 Å². The van der Waals surface area contributed by atoms with Gasteiger partial charge in [0.05, 0.1) is 29.2 Å². The zero-order chi connectivity index (χ0) is 17.8. The van der Waals surface area contributed by atoms with Crippen molar-refractivity contribution < 1.29 is 4.74 Å². The molecule has 0 radical (unpaired) electrons. The van der Waals surface area contributed by atoms with E-state index in [0.717, 1.165) is 32.0 Å². The summed E-state index contributed by atoms with van der Waals surface area (Å²) in [5.74, 6) is 1.21. The highest BCUT2D eigenvalue weighted by molar-refractivity contribution is 7.19. The zero-order valence-electron chi connectivity index (χ0n) is 14.1. The average Bonchev–Trinajstić information content (AvgIpc) is 2.96. The van der Waals surface area contributed by atoms with Crippen molar-refractivity contribution >= 4 is 33.7 Å². The summed E-state index contributed by atoms with van der Waals surface area (Å²) in [6, 6.07) is 1.84. The molecular weight excluding hydrogens is 336 g/mol. The molecule has 0 bridgehead atoms. The SMILES string of the molecule is CN=CC(=CN)Nc1ncc2sc(C)c(-c3cnccc3OC)c2n1. The summed E-state index contributed by atoms with van der Waals surface area (Å²) in [6.07, 6.45) is 8.32. The number of hydrogen-bond acceptors (Lipinski definition) is 8. The van der Waals surface area contributed by atoms with Crippen molar-refractivity contribution in [2.75, 3.05) is 19.5 Å². The van der Waals surface area contributed by atoms with Crippen molar-refractivity contribution in [3.05, 3.63) is 41.4 Å². The summed E-state index contributed by atoms with van der Waals surface area (Å²) in [4.78, 5) is 18.3. The number of nitrogens with two attached hydrogens (primary N) is 1. The van der Waals surface area contributed by atoms with Crippen molar-refractivity contribution in [3.8, 4) is 16.9 Å². The lowest BCUT2D eigenvalue weighted by molar-refractivity contribution is 0.416. The first-order valence-corrected chi connectivity index (χ1v) is 8.35. The van der Waals surface area contributed by atoms with Crippen LogP contribution in [0.3, 0.4) is 0 Å². The Labute approximate surface area is 149 Å². The number of aliphatic imine (C=N–C) groups is 1. The Morgan fingerprint density at radius 3 is 2.96 bits per heavy atom. The molecule has 0 aromatic carbocycles. The fourth-order valence-electron chi connectivity index (χ4n) is 2.52. The molecule has 0 saturated carbocycles. The normalized spacial score (nSPS) is 12.0. The monoisotopic (exact) mass is 354 g/mol. The summed E-state index contributed by atoms with van der Waals surface area (Å²) in [5, 5.41) is 3.06. The minimum absolute atomic E-state index is 0.450. The zero-order valence-corrected chi connectivity index (χ0v) is 15.0. The molecule has 0 atom stereocenters. The average molecular weight is 354 g/mol. The number of methoxy groups -OCH3 is 1. The number of nitrogens with one attached hydrogen (secondary N) is 1. The van der Waals surface area contributed by atoms with E-state index in [1.54, 1.807) is 50.3 Å². The van der Waals surface area contributed by atoms with Crippen LogP contribution in [-0.2, 0) is 0 Å². The van der Waals surface area contributed by atoms with Gasteiger partial charge in [0.1, 0.15) is 5.75 Å². The van der Waals surface area contributed by atoms with E-state index < -0.39 is 0 Å². The van der Waals surface area contributed by atoms with Crippen LogP contribution in [0.5, 0.6) is 5.75 Å². The van der Waals surface area contributed by atoms with Crippen LogP contribution in [0.25, 0.3) is 21.3 Å². The van der Waals surface area contributed by atoms with Gasteiger partial charge in [-0.3, -0.25) is 9.98 Å². The summed E-state index contributed by atoms with van der Waals surface area (Å²) in [5.41, 5.74) is 8.96. The molecule has 3 aromatic heterocycles. The van der Waals surface area contributed by atoms with E-state index in [0.29, 0.717) is 11.6 Å². The summed E-state index contributed by atoms with van der Waals surface area (Å²) >= 11 is 1.63. The van der Waals surface area contributed by atoms with E-state index in [1.165, 1.54) is 6.20 Å². The molecule has 0 saturated heterocycles. The van der Waals surface area contributed by atoms with Crippen LogP contribution in [0, 0.1) is 6.92 Å². The Kier molecular flexibility index (Phi) is 4.90. The van der Waals surface area contributed by atoms with E-state index in [2.05, 4.69) is 32.2 Å². The number of aryl methyl sites for hydroxylation is 1. The molecule has 8 heteroatoms. The molecule has 3 rings (SSSR count). The first kappa shape index (κ1) is 16.8. The fraction of sp³-hybridized carbons (Fsp3) is 0.176. The lowest BCUT2D eigenvalue weighted by atomic mass is 10.1. The van der Waals surface area contributed by atoms with Crippen LogP contribution in [0.2, 0.25) is 0 Å². The van der Waals surface area contributed by atoms with Gasteiger partial charge in [0, 0.05) is 47.9 Å². The van der Waals surface area contributed by atoms with E-state index in [-0.39, 0.29) is 0 Å². The quantitative estimate of drug-likeness (QED) is 0.684. The van der Waals surface area contributed by atoms with Crippen LogP contribution in [0.15, 0.2) is 41.5 Å². The maximum Gasteiger partial charge on any atom is 0.227 e. The second-order valence-corrected chi connectivity index (χ2v) is 6.41. The predicted molar refractivity (Wildman–Crippen MR) is 102 cm³/mol. The second-order valence-electron chi connectivity index (χ2n) is 5.15. The van der Waals surface area contributed by atoms with Crippen LogP contribution < -0.4 is 15.8 Å². The van der Waals surface area contributed by atoms with Gasteiger partial charge in [-0.05, 0) is 13.0 Å². The van der Waals surface area contributed by atoms with Crippen molar-refractivity contribution in [2.45, 2.75) is 6.92 Å². The lowest BCUT2D eigenvalue weighted by Gasteiger charge is -2.08. The van der Waals surface area contributed by atoms with E-state index in [1.807, 2.05) is 6.07 Å². The minimum atomic E-state index is 0.450. The van der Waals surface area contributed by atoms with Crippen LogP contribution in [-0.4, -0.2) is 35.3 Å². The van der Waals surface area contributed by atoms with Gasteiger partial charge < -0.3 is 15.8 Å². The van der Waals surface area contributed by atoms with Crippen molar-refractivity contribution in [1.29, 1.82) is 0 Å². The molecule has 3 heterocycles. The third-order valence-electron chi connectivity index (χ3n) is 3.58. The standard InChI is InChI=1S/C17H18N6OS/c1-10-15(12-8-20-5-4-13(12)24-3)16-14(25-10)9-21-17(23-16)22-11(6-18)7-19-2/h4-9H,18H2,1-3H3,(H,21,22,23). The highest BCUT2D eigenvalue weighted by atomic mass is 32.1. The third-order valence-corrected chi connectivity index (χ3v) is 4.61. The second kappa shape index (κ2) is 7.27. The van der Waals surface area contributed by atoms with Crippen molar-refractivity contribution in [1.82, 2.24) is 15.0 Å². The van der Waals surface area contributed by atoms with Crippen LogP contribution in [0.4, 0.5) is 5.95 Å². The highest BCUT2D eigenvalue weighted by Gasteiger charge is 2.17. The number of nitrogens with zero attached hydrogens (tertiary/aromatic N) is 4. The van der Waals surface area contributed by atoms with Gasteiger partial charge in [0.2, 0.25) is 5.95 Å². The maximum atomic E-state index is 5.59. The molecule has 25 heavy (non-hydrogen) atoms. The molecule has 0 amide bonds. The number of allylic oxidation sites excluding steroid dienone is 1. The molecule has 3 N–H and O–H groups in total. The third kappa shape index (κ3) is 3.29. The molecule has 128 valence electrons. The molecule has 0 aliphatic rings. The number of aromatic nitrogens is 3. The Balaban J connectivity index is 2.13. The number of hydrogen-bond donors (Lipinski definition) is 2. The largest absolute Gasteiger partial charge is 0.496 e. The topological polar surface area (TPSA) is 98.3 Å². The molecular formula is C17H18N6OS. The van der Waals surface area contributed by atoms with Gasteiger partial charge in [-0.1, -0.05) is 0 Å². The van der Waals surface area contributed by atoms with Gasteiger partial charge in [-0.25, -0.2) is 9.97 Å². The molecule has 7 nitrogen and oxygen atoms in total. The lowest BCUT2D eigenvalue weighted by Crippen LogP contribution is -2.06. The number of thiophene rings is 1. The van der Waals surface area contributed by atoms with E-state index >= 15 is 0 Å². The molecule has 0 fully saturated rings. The first-order chi connectivity index (χ1) is 12.2. The number of pyridine rings is 1. The Bertz CT molecular complexity index is 963. The number of rotatable bonds is 5. The van der Waals surface area contributed by atoms with Gasteiger partial charge in [0.25, 0.3) is 0 Å². The van der Waals surface area contributed by atoms with E-state index in [9.17, 15) is 0 Å². The maximum absolute atomic E-state index is 5.59. The summed E-state index contributed by atoms with van der Waals surface area (Å²) < 4.78 is 6.47. The number of anilines is 1. The van der Waals surface area contributed by atoms with Gasteiger partial charge in [-0.2, -0.15) is 0 Å². The molecule has 0 unspecified atom stereocenters. The van der Waals surface area contributed by atoms with Crippen molar-refractivity contribution in [2.24, 2.45) is 10.7 Å². The van der Waals surface area contributed by atoms with Crippen LogP contribution in [0.1, 0.15) is 4.88 Å². The Morgan fingerprint density at radius 2 is 2.24 bits per heavy atom. The predicted octanol–water partition coefficient (Wildman–Crippen LogP) is 2.98. The fourth-order valence-corrected chi connectivity index (χ4v) is 3.51. The van der Waals surface area contributed by atoms with Crippen LogP contribution >= 0.6 is 11.3 Å². The molecule has 0 aliphatic heterocycles. The van der Waals surface area contributed by atoms with Gasteiger partial charge in [-0.15, -0.1) is 11.3 Å². The Morgan fingerprint density at radius 1 is 1.40 bits per heavy atom. The summed E-state index contributed by atoms with van der Waals surface area (Å²) in [7, 11) is 3.32. The summed E-state index contributed by atoms with van der Waals surface area (Å²) in [6.45, 7) is 2.05. The van der Waals surface area contributed by atoms with E-state index in [4.69, 9.17) is 10.5 Å².